The van der Waals surface area contributed by atoms with Gasteiger partial charge in [0, 0.05) is 57.4 Å². The second kappa shape index (κ2) is 9.03. The summed E-state index contributed by atoms with van der Waals surface area (Å²) in [6, 6.07) is 7.66. The zero-order chi connectivity index (χ0) is 22.9. The number of nitrogens with zero attached hydrogens (tertiary/aromatic N) is 4. The highest BCUT2D eigenvalue weighted by Gasteiger charge is 2.33. The Morgan fingerprint density at radius 1 is 1.16 bits per heavy atom. The average molecular weight is 460 g/mol. The summed E-state index contributed by atoms with van der Waals surface area (Å²) >= 11 is 0. The Bertz CT molecular complexity index is 1080. The molecule has 2 amide bonds. The third kappa shape index (κ3) is 4.56. The van der Waals surface area contributed by atoms with E-state index in [1.54, 1.807) is 23.4 Å². The molecular formula is C22H29N5O4S. The monoisotopic (exact) mass is 459 g/mol. The third-order valence-corrected chi connectivity index (χ3v) is 8.07. The van der Waals surface area contributed by atoms with E-state index in [9.17, 15) is 18.0 Å². The lowest BCUT2D eigenvalue weighted by Gasteiger charge is -2.30. The van der Waals surface area contributed by atoms with E-state index in [1.807, 2.05) is 24.3 Å². The predicted molar refractivity (Wildman–Crippen MR) is 119 cm³/mol. The molecule has 2 aliphatic rings. The topological polar surface area (TPSA) is 105 Å². The van der Waals surface area contributed by atoms with E-state index < -0.39 is 10.0 Å². The molecular weight excluding hydrogens is 430 g/mol. The summed E-state index contributed by atoms with van der Waals surface area (Å²) in [5, 5.41) is 3.01. The second-order valence-electron chi connectivity index (χ2n) is 8.45. The van der Waals surface area contributed by atoms with Crippen LogP contribution in [0.1, 0.15) is 37.1 Å². The largest absolute Gasteiger partial charge is 0.352 e. The summed E-state index contributed by atoms with van der Waals surface area (Å²) in [7, 11) is -1.88. The summed E-state index contributed by atoms with van der Waals surface area (Å²) in [6.07, 6.45) is 3.96. The highest BCUT2D eigenvalue weighted by molar-refractivity contribution is 7.89. The highest BCUT2D eigenvalue weighted by atomic mass is 32.2. The molecule has 0 aliphatic carbocycles. The lowest BCUT2D eigenvalue weighted by atomic mass is 9.97. The van der Waals surface area contributed by atoms with E-state index in [-0.39, 0.29) is 22.8 Å². The van der Waals surface area contributed by atoms with Crippen LogP contribution >= 0.6 is 0 Å². The SMILES string of the molecule is Cc1nc(S(=O)(=O)N2CCC(C(=O)NCc3ccc(N4CCCC4=O)cc3)CC2)cn1C. The van der Waals surface area contributed by atoms with E-state index in [1.165, 1.54) is 10.5 Å². The van der Waals surface area contributed by atoms with Crippen LogP contribution in [0.15, 0.2) is 35.5 Å². The van der Waals surface area contributed by atoms with E-state index in [0.29, 0.717) is 44.7 Å². The molecule has 3 heterocycles. The van der Waals surface area contributed by atoms with Crippen molar-refractivity contribution in [3.8, 4) is 0 Å². The fourth-order valence-electron chi connectivity index (χ4n) is 4.19. The summed E-state index contributed by atoms with van der Waals surface area (Å²) < 4.78 is 28.7. The first-order chi connectivity index (χ1) is 15.3. The molecule has 9 nitrogen and oxygen atoms in total. The number of anilines is 1. The molecule has 172 valence electrons. The summed E-state index contributed by atoms with van der Waals surface area (Å²) in [6.45, 7) is 3.51. The number of hydrogen-bond donors (Lipinski definition) is 1. The van der Waals surface area contributed by atoms with Crippen LogP contribution in [0.5, 0.6) is 0 Å². The van der Waals surface area contributed by atoms with Crippen LogP contribution in [0, 0.1) is 12.8 Å². The number of hydrogen-bond acceptors (Lipinski definition) is 5. The van der Waals surface area contributed by atoms with E-state index >= 15 is 0 Å². The number of sulfonamides is 1. The van der Waals surface area contributed by atoms with Crippen molar-refractivity contribution in [3.63, 3.8) is 0 Å². The molecule has 2 aliphatic heterocycles. The van der Waals surface area contributed by atoms with Crippen molar-refractivity contribution in [3.05, 3.63) is 41.9 Å². The molecule has 2 aromatic rings. The van der Waals surface area contributed by atoms with Crippen LogP contribution < -0.4 is 10.2 Å². The van der Waals surface area contributed by atoms with Crippen LogP contribution in [0.3, 0.4) is 0 Å². The molecule has 0 radical (unpaired) electrons. The van der Waals surface area contributed by atoms with Crippen LogP contribution in [0.25, 0.3) is 0 Å². The molecule has 2 saturated heterocycles. The molecule has 1 aromatic heterocycles. The fourth-order valence-corrected chi connectivity index (χ4v) is 5.68. The van der Waals surface area contributed by atoms with Crippen molar-refractivity contribution < 1.29 is 18.0 Å². The van der Waals surface area contributed by atoms with Gasteiger partial charge in [-0.25, -0.2) is 13.4 Å². The molecule has 0 unspecified atom stereocenters. The Balaban J connectivity index is 1.28. The number of benzene rings is 1. The maximum Gasteiger partial charge on any atom is 0.262 e. The number of aryl methyl sites for hydroxylation is 2. The van der Waals surface area contributed by atoms with Crippen molar-refractivity contribution in [1.29, 1.82) is 0 Å². The van der Waals surface area contributed by atoms with Crippen LogP contribution in [0.4, 0.5) is 5.69 Å². The molecule has 4 rings (SSSR count). The predicted octanol–water partition coefficient (Wildman–Crippen LogP) is 1.57. The Kier molecular flexibility index (Phi) is 6.34. The lowest BCUT2D eigenvalue weighted by molar-refractivity contribution is -0.126. The maximum absolute atomic E-state index is 12.8. The molecule has 0 bridgehead atoms. The highest BCUT2D eigenvalue weighted by Crippen LogP contribution is 2.24. The van der Waals surface area contributed by atoms with Gasteiger partial charge in [0.05, 0.1) is 0 Å². The van der Waals surface area contributed by atoms with Gasteiger partial charge in [-0.3, -0.25) is 9.59 Å². The number of piperidine rings is 1. The number of nitrogens with one attached hydrogen (secondary N) is 1. The number of amides is 2. The quantitative estimate of drug-likeness (QED) is 0.706. The van der Waals surface area contributed by atoms with Gasteiger partial charge < -0.3 is 14.8 Å². The molecule has 32 heavy (non-hydrogen) atoms. The van der Waals surface area contributed by atoms with Gasteiger partial charge in [-0.2, -0.15) is 4.31 Å². The number of carbonyl (C=O) groups excluding carboxylic acids is 2. The average Bonchev–Trinajstić information content (AvgIpc) is 3.37. The fraction of sp³-hybridized carbons (Fsp3) is 0.500. The summed E-state index contributed by atoms with van der Waals surface area (Å²) in [4.78, 5) is 30.4. The smallest absolute Gasteiger partial charge is 0.262 e. The van der Waals surface area contributed by atoms with Gasteiger partial charge in [-0.05, 0) is 43.9 Å². The zero-order valence-corrected chi connectivity index (χ0v) is 19.3. The molecule has 0 spiro atoms. The molecule has 2 fully saturated rings. The third-order valence-electron chi connectivity index (χ3n) is 6.30. The van der Waals surface area contributed by atoms with Crippen LogP contribution in [0.2, 0.25) is 0 Å². The zero-order valence-electron chi connectivity index (χ0n) is 18.5. The lowest BCUT2D eigenvalue weighted by Crippen LogP contribution is -2.43. The normalized spacial score (nSPS) is 18.3. The van der Waals surface area contributed by atoms with Crippen molar-refractivity contribution in [1.82, 2.24) is 19.2 Å². The van der Waals surface area contributed by atoms with Gasteiger partial charge >= 0.3 is 0 Å². The van der Waals surface area contributed by atoms with Gasteiger partial charge in [-0.1, -0.05) is 12.1 Å². The standard InChI is InChI=1S/C22H29N5O4S/c1-16-24-20(15-25(16)2)32(30,31)26-12-9-18(10-13-26)22(29)23-14-17-5-7-19(8-6-17)27-11-3-4-21(27)28/h5-8,15,18H,3-4,9-14H2,1-2H3,(H,23,29). The first-order valence-electron chi connectivity index (χ1n) is 10.9. The van der Waals surface area contributed by atoms with E-state index in [0.717, 1.165) is 24.2 Å². The molecule has 1 aromatic carbocycles. The Morgan fingerprint density at radius 2 is 1.84 bits per heavy atom. The number of rotatable bonds is 6. The molecule has 0 saturated carbocycles. The first-order valence-corrected chi connectivity index (χ1v) is 12.4. The minimum Gasteiger partial charge on any atom is -0.352 e. The maximum atomic E-state index is 12.8. The first kappa shape index (κ1) is 22.5. The van der Waals surface area contributed by atoms with E-state index in [2.05, 4.69) is 10.3 Å². The summed E-state index contributed by atoms with van der Waals surface area (Å²) in [5.41, 5.74) is 1.85. The second-order valence-corrected chi connectivity index (χ2v) is 10.3. The van der Waals surface area contributed by atoms with Crippen LogP contribution in [-0.2, 0) is 33.2 Å². The van der Waals surface area contributed by atoms with Crippen molar-refractivity contribution in [2.75, 3.05) is 24.5 Å². The number of imidazole rings is 1. The van der Waals surface area contributed by atoms with Gasteiger partial charge in [0.1, 0.15) is 5.82 Å². The van der Waals surface area contributed by atoms with Crippen molar-refractivity contribution in [2.45, 2.75) is 44.2 Å². The minimum absolute atomic E-state index is 0.0551. The van der Waals surface area contributed by atoms with Gasteiger partial charge in [-0.15, -0.1) is 0 Å². The Morgan fingerprint density at radius 3 is 2.41 bits per heavy atom. The van der Waals surface area contributed by atoms with Gasteiger partial charge in [0.15, 0.2) is 5.03 Å². The van der Waals surface area contributed by atoms with Crippen molar-refractivity contribution in [2.24, 2.45) is 13.0 Å². The van der Waals surface area contributed by atoms with Gasteiger partial charge in [0.2, 0.25) is 11.8 Å². The number of aromatic nitrogens is 2. The molecule has 10 heteroatoms. The van der Waals surface area contributed by atoms with Crippen molar-refractivity contribution >= 4 is 27.5 Å². The Hall–Kier alpha value is -2.72. The number of carbonyl (C=O) groups is 2. The summed E-state index contributed by atoms with van der Waals surface area (Å²) in [5.74, 6) is 0.512. The molecule has 1 N–H and O–H groups in total. The Labute approximate surface area is 188 Å². The van der Waals surface area contributed by atoms with Crippen LogP contribution in [-0.4, -0.2) is 53.7 Å². The molecule has 0 atom stereocenters. The minimum atomic E-state index is -3.64. The van der Waals surface area contributed by atoms with Gasteiger partial charge in [0.25, 0.3) is 10.0 Å². The van der Waals surface area contributed by atoms with E-state index in [4.69, 9.17) is 0 Å².